The van der Waals surface area contributed by atoms with E-state index in [-0.39, 0.29) is 11.0 Å². The number of fused-ring (bicyclic) bond motifs is 1. The first-order valence-corrected chi connectivity index (χ1v) is 8.81. The lowest BCUT2D eigenvalue weighted by Gasteiger charge is -2.40. The van der Waals surface area contributed by atoms with Crippen LogP contribution < -0.4 is 10.5 Å². The van der Waals surface area contributed by atoms with E-state index >= 15 is 0 Å². The van der Waals surface area contributed by atoms with E-state index in [0.29, 0.717) is 18.1 Å². The van der Waals surface area contributed by atoms with Gasteiger partial charge in [0, 0.05) is 42.9 Å². The van der Waals surface area contributed by atoms with Crippen molar-refractivity contribution < 1.29 is 0 Å². The van der Waals surface area contributed by atoms with Gasteiger partial charge in [0.15, 0.2) is 5.65 Å². The highest BCUT2D eigenvalue weighted by Crippen LogP contribution is 2.25. The molecule has 1 saturated heterocycles. The smallest absolute Gasteiger partial charge is 0.266 e. The molecule has 0 radical (unpaired) electrons. The van der Waals surface area contributed by atoms with Crippen molar-refractivity contribution in [3.05, 3.63) is 52.7 Å². The van der Waals surface area contributed by atoms with Gasteiger partial charge in [-0.2, -0.15) is 5.10 Å². The fraction of sp³-hybridized carbons (Fsp3) is 0.421. The van der Waals surface area contributed by atoms with Crippen molar-refractivity contribution in [2.75, 3.05) is 18.0 Å². The van der Waals surface area contributed by atoms with Gasteiger partial charge in [0.1, 0.15) is 11.3 Å². The van der Waals surface area contributed by atoms with Crippen LogP contribution in [0.5, 0.6) is 0 Å². The van der Waals surface area contributed by atoms with Gasteiger partial charge in [-0.1, -0.05) is 20.8 Å². The van der Waals surface area contributed by atoms with Gasteiger partial charge >= 0.3 is 0 Å². The molecule has 0 saturated carbocycles. The number of nitrogens with zero attached hydrogens (tertiary/aromatic N) is 6. The van der Waals surface area contributed by atoms with Crippen molar-refractivity contribution in [1.29, 1.82) is 0 Å². The normalized spacial score (nSPS) is 15.3. The predicted octanol–water partition coefficient (Wildman–Crippen LogP) is 2.02. The van der Waals surface area contributed by atoms with E-state index in [1.165, 1.54) is 0 Å². The molecule has 0 aliphatic carbocycles. The number of anilines is 1. The van der Waals surface area contributed by atoms with Gasteiger partial charge in [-0.05, 0) is 18.2 Å². The molecule has 3 aromatic heterocycles. The number of rotatable bonds is 3. The Balaban J connectivity index is 1.46. The molecule has 0 atom stereocenters. The quantitative estimate of drug-likeness (QED) is 0.719. The third-order valence-corrected chi connectivity index (χ3v) is 4.66. The average molecular weight is 350 g/mol. The maximum absolute atomic E-state index is 12.1. The van der Waals surface area contributed by atoms with Gasteiger partial charge in [0.05, 0.1) is 12.2 Å². The van der Waals surface area contributed by atoms with Crippen LogP contribution in [0.2, 0.25) is 0 Å². The summed E-state index contributed by atoms with van der Waals surface area (Å²) in [7, 11) is 0. The number of pyridine rings is 1. The number of aromatic nitrogens is 5. The maximum atomic E-state index is 12.1. The molecule has 4 heterocycles. The topological polar surface area (TPSA) is 76.8 Å². The molecule has 0 spiro atoms. The fourth-order valence-corrected chi connectivity index (χ4v) is 3.12. The Morgan fingerprint density at radius 2 is 1.85 bits per heavy atom. The third kappa shape index (κ3) is 3.16. The molecule has 0 N–H and O–H groups in total. The van der Waals surface area contributed by atoms with Crippen LogP contribution in [0, 0.1) is 5.92 Å². The standard InChI is InChI=1S/C19H22N6O/c1-19(2,3)15-5-7-17(26)25(23-15)12-13-10-24(11-13)16-6-4-14-18(22-16)21-9-8-20-14/h4-9,13H,10-12H2,1-3H3. The molecular weight excluding hydrogens is 328 g/mol. The van der Waals surface area contributed by atoms with Gasteiger partial charge in [-0.3, -0.25) is 9.78 Å². The van der Waals surface area contributed by atoms with E-state index in [4.69, 9.17) is 0 Å². The fourth-order valence-electron chi connectivity index (χ4n) is 3.12. The maximum Gasteiger partial charge on any atom is 0.266 e. The lowest BCUT2D eigenvalue weighted by molar-refractivity contribution is 0.328. The van der Waals surface area contributed by atoms with Gasteiger partial charge < -0.3 is 4.90 Å². The second kappa shape index (κ2) is 6.16. The van der Waals surface area contributed by atoms with Crippen LogP contribution in [0.4, 0.5) is 5.82 Å². The largest absolute Gasteiger partial charge is 0.356 e. The summed E-state index contributed by atoms with van der Waals surface area (Å²) in [6.07, 6.45) is 3.32. The lowest BCUT2D eigenvalue weighted by Crippen LogP contribution is -2.50. The van der Waals surface area contributed by atoms with Crippen molar-refractivity contribution in [3.8, 4) is 0 Å². The second-order valence-electron chi connectivity index (χ2n) is 7.83. The average Bonchev–Trinajstić information content (AvgIpc) is 2.57. The summed E-state index contributed by atoms with van der Waals surface area (Å²) in [4.78, 5) is 27.4. The first-order chi connectivity index (χ1) is 12.4. The zero-order valence-electron chi connectivity index (χ0n) is 15.3. The van der Waals surface area contributed by atoms with Crippen molar-refractivity contribution in [2.24, 2.45) is 5.92 Å². The van der Waals surface area contributed by atoms with Crippen LogP contribution in [0.15, 0.2) is 41.5 Å². The van der Waals surface area contributed by atoms with Crippen LogP contribution in [0.25, 0.3) is 11.2 Å². The van der Waals surface area contributed by atoms with Crippen LogP contribution in [-0.2, 0) is 12.0 Å². The summed E-state index contributed by atoms with van der Waals surface area (Å²) in [6, 6.07) is 7.36. The number of hydrogen-bond acceptors (Lipinski definition) is 6. The highest BCUT2D eigenvalue weighted by molar-refractivity contribution is 5.71. The Bertz CT molecular complexity index is 1000. The van der Waals surface area contributed by atoms with Crippen LogP contribution in [0.3, 0.4) is 0 Å². The van der Waals surface area contributed by atoms with E-state index in [1.807, 2.05) is 18.2 Å². The van der Waals surface area contributed by atoms with E-state index in [9.17, 15) is 4.79 Å². The molecule has 0 bridgehead atoms. The molecule has 1 fully saturated rings. The Labute approximate surface area is 151 Å². The highest BCUT2D eigenvalue weighted by Gasteiger charge is 2.29. The van der Waals surface area contributed by atoms with E-state index in [2.05, 4.69) is 45.7 Å². The molecule has 7 heteroatoms. The van der Waals surface area contributed by atoms with Crippen LogP contribution in [0.1, 0.15) is 26.5 Å². The predicted molar refractivity (Wildman–Crippen MR) is 100 cm³/mol. The molecule has 4 rings (SSSR count). The molecule has 1 aliphatic rings. The molecule has 7 nitrogen and oxygen atoms in total. The number of hydrogen-bond donors (Lipinski definition) is 0. The first-order valence-electron chi connectivity index (χ1n) is 8.81. The minimum atomic E-state index is -0.0723. The highest BCUT2D eigenvalue weighted by atomic mass is 16.1. The third-order valence-electron chi connectivity index (χ3n) is 4.66. The molecule has 0 unspecified atom stereocenters. The first kappa shape index (κ1) is 16.6. The Morgan fingerprint density at radius 1 is 1.08 bits per heavy atom. The molecule has 0 amide bonds. The Morgan fingerprint density at radius 3 is 2.62 bits per heavy atom. The second-order valence-corrected chi connectivity index (χ2v) is 7.83. The summed E-state index contributed by atoms with van der Waals surface area (Å²) in [5, 5.41) is 4.56. The molecule has 0 aromatic carbocycles. The zero-order valence-corrected chi connectivity index (χ0v) is 15.3. The van der Waals surface area contributed by atoms with Crippen molar-refractivity contribution in [1.82, 2.24) is 24.7 Å². The van der Waals surface area contributed by atoms with Gasteiger partial charge in [-0.15, -0.1) is 0 Å². The summed E-state index contributed by atoms with van der Waals surface area (Å²) in [6.45, 7) is 8.64. The summed E-state index contributed by atoms with van der Waals surface area (Å²) < 4.78 is 1.60. The monoisotopic (exact) mass is 350 g/mol. The lowest BCUT2D eigenvalue weighted by atomic mass is 9.92. The minimum Gasteiger partial charge on any atom is -0.356 e. The Kier molecular flexibility index (Phi) is 3.94. The summed E-state index contributed by atoms with van der Waals surface area (Å²) >= 11 is 0. The van der Waals surface area contributed by atoms with Gasteiger partial charge in [0.25, 0.3) is 5.56 Å². The molecule has 134 valence electrons. The molecule has 3 aromatic rings. The molecule has 1 aliphatic heterocycles. The summed E-state index contributed by atoms with van der Waals surface area (Å²) in [5.74, 6) is 1.28. The minimum absolute atomic E-state index is 0.0458. The van der Waals surface area contributed by atoms with Crippen molar-refractivity contribution in [3.63, 3.8) is 0 Å². The van der Waals surface area contributed by atoms with Crippen molar-refractivity contribution >= 4 is 17.0 Å². The van der Waals surface area contributed by atoms with Gasteiger partial charge in [-0.25, -0.2) is 14.6 Å². The molecule has 26 heavy (non-hydrogen) atoms. The Hall–Kier alpha value is -2.83. The van der Waals surface area contributed by atoms with Crippen LogP contribution in [-0.4, -0.2) is 37.8 Å². The van der Waals surface area contributed by atoms with Gasteiger partial charge in [0.2, 0.25) is 0 Å². The van der Waals surface area contributed by atoms with E-state index in [0.717, 1.165) is 30.1 Å². The molecular formula is C19H22N6O. The van der Waals surface area contributed by atoms with Crippen LogP contribution >= 0.6 is 0 Å². The van der Waals surface area contributed by atoms with E-state index < -0.39 is 0 Å². The zero-order chi connectivity index (χ0) is 18.3. The van der Waals surface area contributed by atoms with Crippen molar-refractivity contribution in [2.45, 2.75) is 32.7 Å². The summed E-state index contributed by atoms with van der Waals surface area (Å²) in [5.41, 5.74) is 2.27. The SMILES string of the molecule is CC(C)(C)c1ccc(=O)n(CC2CN(c3ccc4nccnc4n3)C2)n1. The van der Waals surface area contributed by atoms with E-state index in [1.54, 1.807) is 23.1 Å².